The van der Waals surface area contributed by atoms with Crippen molar-refractivity contribution in [1.82, 2.24) is 4.90 Å². The highest BCUT2D eigenvalue weighted by atomic mass is 16.6. The molecule has 0 spiro atoms. The molecule has 68 valence electrons. The highest BCUT2D eigenvalue weighted by Crippen LogP contribution is 2.24. The van der Waals surface area contributed by atoms with Crippen LogP contribution in [0.5, 0.6) is 0 Å². The summed E-state index contributed by atoms with van der Waals surface area (Å²) in [6, 6.07) is 0.260. The van der Waals surface area contributed by atoms with Gasteiger partial charge in [-0.3, -0.25) is 0 Å². The van der Waals surface area contributed by atoms with Crippen molar-refractivity contribution >= 4 is 6.09 Å². The van der Waals surface area contributed by atoms with Crippen molar-refractivity contribution in [2.75, 3.05) is 20.3 Å². The van der Waals surface area contributed by atoms with E-state index in [2.05, 4.69) is 0 Å². The van der Waals surface area contributed by atoms with E-state index in [1.165, 1.54) is 0 Å². The highest BCUT2D eigenvalue weighted by molar-refractivity contribution is 5.70. The van der Waals surface area contributed by atoms with E-state index in [9.17, 15) is 4.79 Å². The normalized spacial score (nSPS) is 34.8. The van der Waals surface area contributed by atoms with Crippen molar-refractivity contribution < 1.29 is 14.3 Å². The minimum Gasteiger partial charge on any atom is -0.447 e. The van der Waals surface area contributed by atoms with Crippen molar-refractivity contribution in [3.05, 3.63) is 0 Å². The third-order valence-corrected chi connectivity index (χ3v) is 2.63. The maximum absolute atomic E-state index is 11.1. The van der Waals surface area contributed by atoms with Crippen molar-refractivity contribution in [2.24, 2.45) is 0 Å². The maximum atomic E-state index is 11.1. The molecule has 2 aliphatic heterocycles. The molecule has 0 saturated carbocycles. The van der Waals surface area contributed by atoms with Crippen LogP contribution in [0.25, 0.3) is 0 Å². The van der Waals surface area contributed by atoms with Crippen molar-refractivity contribution in [3.63, 3.8) is 0 Å². The molecule has 0 aromatic rings. The second-order valence-electron chi connectivity index (χ2n) is 3.31. The van der Waals surface area contributed by atoms with Crippen LogP contribution in [0.3, 0.4) is 0 Å². The molecule has 0 aromatic carbocycles. The number of nitrogens with zero attached hydrogens (tertiary/aromatic N) is 1. The van der Waals surface area contributed by atoms with E-state index in [1.54, 1.807) is 12.0 Å². The van der Waals surface area contributed by atoms with Crippen molar-refractivity contribution in [1.29, 1.82) is 0 Å². The third kappa shape index (κ3) is 1.16. The van der Waals surface area contributed by atoms with Gasteiger partial charge in [-0.15, -0.1) is 0 Å². The van der Waals surface area contributed by atoms with Gasteiger partial charge in [0.25, 0.3) is 0 Å². The monoisotopic (exact) mass is 171 g/mol. The number of ether oxygens (including phenoxy) is 2. The lowest BCUT2D eigenvalue weighted by atomic mass is 10.0. The molecule has 1 amide bonds. The average molecular weight is 171 g/mol. The van der Waals surface area contributed by atoms with Gasteiger partial charge in [0.2, 0.25) is 0 Å². The number of carbonyl (C=O) groups excluding carboxylic acids is 1. The zero-order chi connectivity index (χ0) is 8.55. The Kier molecular flexibility index (Phi) is 1.92. The van der Waals surface area contributed by atoms with E-state index in [0.29, 0.717) is 12.7 Å². The van der Waals surface area contributed by atoms with E-state index in [4.69, 9.17) is 9.47 Å². The molecule has 2 saturated heterocycles. The van der Waals surface area contributed by atoms with Gasteiger partial charge >= 0.3 is 6.09 Å². The molecular formula is C8H13NO3. The minimum atomic E-state index is -0.158. The number of methoxy groups -OCH3 is 1. The average Bonchev–Trinajstić information content (AvgIpc) is 2.47. The number of amides is 1. The Balaban J connectivity index is 1.99. The Morgan fingerprint density at radius 1 is 1.67 bits per heavy atom. The summed E-state index contributed by atoms with van der Waals surface area (Å²) in [5.74, 6) is 0. The minimum absolute atomic E-state index is 0.158. The number of piperidine rings is 1. The molecule has 12 heavy (non-hydrogen) atoms. The van der Waals surface area contributed by atoms with Crippen molar-refractivity contribution in [2.45, 2.75) is 25.0 Å². The lowest BCUT2D eigenvalue weighted by Crippen LogP contribution is -2.43. The first-order valence-electron chi connectivity index (χ1n) is 4.27. The quantitative estimate of drug-likeness (QED) is 0.580. The fraction of sp³-hybridized carbons (Fsp3) is 0.875. The van der Waals surface area contributed by atoms with Crippen LogP contribution in [0.15, 0.2) is 0 Å². The van der Waals surface area contributed by atoms with E-state index in [-0.39, 0.29) is 12.1 Å². The van der Waals surface area contributed by atoms with Gasteiger partial charge in [-0.1, -0.05) is 0 Å². The molecular weight excluding hydrogens is 158 g/mol. The summed E-state index contributed by atoms with van der Waals surface area (Å²) in [7, 11) is 1.72. The van der Waals surface area contributed by atoms with E-state index < -0.39 is 0 Å². The number of rotatable bonds is 1. The van der Waals surface area contributed by atoms with Gasteiger partial charge in [-0.05, 0) is 12.8 Å². The summed E-state index contributed by atoms with van der Waals surface area (Å²) in [4.78, 5) is 12.9. The largest absolute Gasteiger partial charge is 0.447 e. The zero-order valence-corrected chi connectivity index (χ0v) is 7.16. The molecule has 2 aliphatic rings. The van der Waals surface area contributed by atoms with Crippen LogP contribution in [0.4, 0.5) is 4.79 Å². The SMILES string of the molecule is COC1CCN2C(=O)OCC2C1. The second kappa shape index (κ2) is 2.94. The summed E-state index contributed by atoms with van der Waals surface area (Å²) < 4.78 is 10.2. The number of hydrogen-bond donors (Lipinski definition) is 0. The molecule has 2 unspecified atom stereocenters. The van der Waals surface area contributed by atoms with Crippen molar-refractivity contribution in [3.8, 4) is 0 Å². The maximum Gasteiger partial charge on any atom is 0.410 e. The van der Waals surface area contributed by atoms with Gasteiger partial charge in [0.05, 0.1) is 12.1 Å². The lowest BCUT2D eigenvalue weighted by Gasteiger charge is -2.31. The Bertz CT molecular complexity index is 195. The lowest BCUT2D eigenvalue weighted by molar-refractivity contribution is 0.0364. The Hall–Kier alpha value is -0.770. The Labute approximate surface area is 71.4 Å². The molecule has 0 aromatic heterocycles. The second-order valence-corrected chi connectivity index (χ2v) is 3.31. The number of fused-ring (bicyclic) bond motifs is 1. The molecule has 4 nitrogen and oxygen atoms in total. The van der Waals surface area contributed by atoms with Crippen LogP contribution >= 0.6 is 0 Å². The van der Waals surface area contributed by atoms with E-state index in [0.717, 1.165) is 19.4 Å². The molecule has 0 N–H and O–H groups in total. The molecule has 2 rings (SSSR count). The van der Waals surface area contributed by atoms with Crippen LogP contribution in [-0.4, -0.2) is 43.4 Å². The van der Waals surface area contributed by atoms with Crippen LogP contribution in [0, 0.1) is 0 Å². The fourth-order valence-electron chi connectivity index (χ4n) is 1.88. The van der Waals surface area contributed by atoms with Crippen LogP contribution in [0.1, 0.15) is 12.8 Å². The molecule has 2 heterocycles. The first-order valence-corrected chi connectivity index (χ1v) is 4.27. The third-order valence-electron chi connectivity index (χ3n) is 2.63. The summed E-state index contributed by atoms with van der Waals surface area (Å²) in [6.45, 7) is 1.32. The van der Waals surface area contributed by atoms with Gasteiger partial charge in [0.15, 0.2) is 0 Å². The molecule has 4 heteroatoms. The number of cyclic esters (lactones) is 1. The topological polar surface area (TPSA) is 38.8 Å². The van der Waals surface area contributed by atoms with E-state index >= 15 is 0 Å². The predicted molar refractivity (Wildman–Crippen MR) is 41.9 cm³/mol. The van der Waals surface area contributed by atoms with Gasteiger partial charge in [0.1, 0.15) is 6.61 Å². The Morgan fingerprint density at radius 3 is 3.25 bits per heavy atom. The van der Waals surface area contributed by atoms with Gasteiger partial charge in [-0.2, -0.15) is 0 Å². The van der Waals surface area contributed by atoms with Gasteiger partial charge in [0, 0.05) is 13.7 Å². The van der Waals surface area contributed by atoms with E-state index in [1.807, 2.05) is 0 Å². The smallest absolute Gasteiger partial charge is 0.410 e. The Morgan fingerprint density at radius 2 is 2.50 bits per heavy atom. The standard InChI is InChI=1S/C8H13NO3/c1-11-7-2-3-9-6(4-7)5-12-8(9)10/h6-7H,2-5H2,1H3. The van der Waals surface area contributed by atoms with Gasteiger partial charge < -0.3 is 14.4 Å². The zero-order valence-electron chi connectivity index (χ0n) is 7.16. The summed E-state index contributed by atoms with van der Waals surface area (Å²) in [5.41, 5.74) is 0. The van der Waals surface area contributed by atoms with Crippen LogP contribution in [-0.2, 0) is 9.47 Å². The summed E-state index contributed by atoms with van der Waals surface area (Å²) in [5, 5.41) is 0. The van der Waals surface area contributed by atoms with Gasteiger partial charge in [-0.25, -0.2) is 4.79 Å². The molecule has 0 radical (unpaired) electrons. The number of carbonyl (C=O) groups is 1. The summed E-state index contributed by atoms with van der Waals surface area (Å²) >= 11 is 0. The first-order chi connectivity index (χ1) is 5.81. The first kappa shape index (κ1) is 7.86. The molecule has 2 fully saturated rings. The summed E-state index contributed by atoms with van der Waals surface area (Å²) in [6.07, 6.45) is 2.00. The number of hydrogen-bond acceptors (Lipinski definition) is 3. The molecule has 0 bridgehead atoms. The molecule has 0 aliphatic carbocycles. The van der Waals surface area contributed by atoms with Crippen LogP contribution in [0.2, 0.25) is 0 Å². The highest BCUT2D eigenvalue weighted by Gasteiger charge is 2.37. The fourth-order valence-corrected chi connectivity index (χ4v) is 1.88. The molecule has 2 atom stereocenters. The predicted octanol–water partition coefficient (Wildman–Crippen LogP) is 0.616. The van der Waals surface area contributed by atoms with Crippen LogP contribution < -0.4 is 0 Å².